The Labute approximate surface area is 146 Å². The number of rotatable bonds is 7. The van der Waals surface area contributed by atoms with Crippen LogP contribution < -0.4 is 20.7 Å². The van der Waals surface area contributed by atoms with Crippen molar-refractivity contribution in [1.82, 2.24) is 5.32 Å². The number of methoxy groups -OCH3 is 1. The molecule has 2 aromatic carbocycles. The molecule has 0 aliphatic heterocycles. The number of carbonyl (C=O) groups excluding carboxylic acids is 2. The Kier molecular flexibility index (Phi) is 6.79. The fourth-order valence-electron chi connectivity index (χ4n) is 2.00. The molecule has 2 rings (SSSR count). The van der Waals surface area contributed by atoms with Crippen molar-refractivity contribution in [1.29, 1.82) is 0 Å². The summed E-state index contributed by atoms with van der Waals surface area (Å²) in [5.41, 5.74) is 1.74. The summed E-state index contributed by atoms with van der Waals surface area (Å²) in [7, 11) is 3.14. The first kappa shape index (κ1) is 18.3. The van der Waals surface area contributed by atoms with Crippen LogP contribution in [0.5, 0.6) is 5.75 Å². The maximum atomic E-state index is 12.3. The second-order valence-corrected chi connectivity index (χ2v) is 5.10. The molecule has 0 aromatic heterocycles. The molecule has 0 atom stereocenters. The van der Waals surface area contributed by atoms with Crippen molar-refractivity contribution in [2.75, 3.05) is 38.0 Å². The molecule has 0 aliphatic carbocycles. The van der Waals surface area contributed by atoms with Crippen LogP contribution >= 0.6 is 0 Å². The molecule has 0 fully saturated rings. The molecule has 0 bridgehead atoms. The van der Waals surface area contributed by atoms with Crippen LogP contribution in [0.3, 0.4) is 0 Å². The SMILES string of the molecule is CNC(=O)Nc1ccc(NC(=O)c2cccc(OCCOC)c2)cc1. The van der Waals surface area contributed by atoms with Gasteiger partial charge in [0.15, 0.2) is 0 Å². The van der Waals surface area contributed by atoms with Crippen molar-refractivity contribution in [3.63, 3.8) is 0 Å². The highest BCUT2D eigenvalue weighted by molar-refractivity contribution is 6.04. The van der Waals surface area contributed by atoms with Gasteiger partial charge < -0.3 is 25.4 Å². The molecular formula is C18H21N3O4. The van der Waals surface area contributed by atoms with Gasteiger partial charge in [-0.3, -0.25) is 4.79 Å². The van der Waals surface area contributed by atoms with E-state index in [1.54, 1.807) is 55.6 Å². The van der Waals surface area contributed by atoms with Crippen molar-refractivity contribution in [2.45, 2.75) is 0 Å². The first-order valence-corrected chi connectivity index (χ1v) is 7.74. The lowest BCUT2D eigenvalue weighted by Crippen LogP contribution is -2.24. The van der Waals surface area contributed by atoms with Gasteiger partial charge in [0.05, 0.1) is 6.61 Å². The molecule has 132 valence electrons. The van der Waals surface area contributed by atoms with Crippen LogP contribution in [0.2, 0.25) is 0 Å². The maximum Gasteiger partial charge on any atom is 0.318 e. The van der Waals surface area contributed by atoms with E-state index in [1.165, 1.54) is 7.05 Å². The summed E-state index contributed by atoms with van der Waals surface area (Å²) in [6.07, 6.45) is 0. The van der Waals surface area contributed by atoms with Crippen LogP contribution in [0.4, 0.5) is 16.2 Å². The van der Waals surface area contributed by atoms with E-state index in [-0.39, 0.29) is 11.9 Å². The number of hydrogen-bond acceptors (Lipinski definition) is 4. The van der Waals surface area contributed by atoms with Gasteiger partial charge >= 0.3 is 6.03 Å². The highest BCUT2D eigenvalue weighted by atomic mass is 16.5. The first-order chi connectivity index (χ1) is 12.1. The van der Waals surface area contributed by atoms with Crippen LogP contribution in [0.1, 0.15) is 10.4 Å². The van der Waals surface area contributed by atoms with E-state index in [9.17, 15) is 9.59 Å². The second-order valence-electron chi connectivity index (χ2n) is 5.10. The largest absolute Gasteiger partial charge is 0.491 e. The lowest BCUT2D eigenvalue weighted by atomic mass is 10.2. The number of urea groups is 1. The summed E-state index contributed by atoms with van der Waals surface area (Å²) in [6, 6.07) is 13.4. The summed E-state index contributed by atoms with van der Waals surface area (Å²) < 4.78 is 10.4. The predicted molar refractivity (Wildman–Crippen MR) is 96.3 cm³/mol. The molecule has 3 N–H and O–H groups in total. The maximum absolute atomic E-state index is 12.3. The lowest BCUT2D eigenvalue weighted by Gasteiger charge is -2.09. The molecule has 3 amide bonds. The molecule has 25 heavy (non-hydrogen) atoms. The Morgan fingerprint density at radius 2 is 1.64 bits per heavy atom. The predicted octanol–water partition coefficient (Wildman–Crippen LogP) is 2.72. The summed E-state index contributed by atoms with van der Waals surface area (Å²) in [4.78, 5) is 23.6. The highest BCUT2D eigenvalue weighted by Crippen LogP contribution is 2.17. The number of amides is 3. The fraction of sp³-hybridized carbons (Fsp3) is 0.222. The smallest absolute Gasteiger partial charge is 0.318 e. The Morgan fingerprint density at radius 1 is 0.960 bits per heavy atom. The van der Waals surface area contributed by atoms with Gasteiger partial charge in [-0.05, 0) is 42.5 Å². The number of nitrogens with one attached hydrogen (secondary N) is 3. The molecular weight excluding hydrogens is 322 g/mol. The van der Waals surface area contributed by atoms with Gasteiger partial charge in [-0.2, -0.15) is 0 Å². The van der Waals surface area contributed by atoms with Gasteiger partial charge in [-0.1, -0.05) is 6.07 Å². The molecule has 0 unspecified atom stereocenters. The van der Waals surface area contributed by atoms with Crippen LogP contribution in [0.25, 0.3) is 0 Å². The molecule has 0 spiro atoms. The third-order valence-corrected chi connectivity index (χ3v) is 3.28. The quantitative estimate of drug-likeness (QED) is 0.675. The Balaban J connectivity index is 1.97. The fourth-order valence-corrected chi connectivity index (χ4v) is 2.00. The van der Waals surface area contributed by atoms with E-state index in [0.717, 1.165) is 0 Å². The lowest BCUT2D eigenvalue weighted by molar-refractivity contribution is 0.102. The van der Waals surface area contributed by atoms with E-state index in [4.69, 9.17) is 9.47 Å². The van der Waals surface area contributed by atoms with Crippen molar-refractivity contribution < 1.29 is 19.1 Å². The van der Waals surface area contributed by atoms with Gasteiger partial charge in [0.2, 0.25) is 0 Å². The van der Waals surface area contributed by atoms with E-state index < -0.39 is 0 Å². The zero-order valence-electron chi connectivity index (χ0n) is 14.2. The minimum absolute atomic E-state index is 0.246. The van der Waals surface area contributed by atoms with Gasteiger partial charge in [0.25, 0.3) is 5.91 Å². The standard InChI is InChI=1S/C18H21N3O4/c1-19-18(23)21-15-8-6-14(7-9-15)20-17(22)13-4-3-5-16(12-13)25-11-10-24-2/h3-9,12H,10-11H2,1-2H3,(H,20,22)(H2,19,21,23). The molecule has 7 heteroatoms. The summed E-state index contributed by atoms with van der Waals surface area (Å²) in [5.74, 6) is 0.360. The number of carbonyl (C=O) groups is 2. The molecule has 0 aliphatic rings. The zero-order valence-corrected chi connectivity index (χ0v) is 14.2. The van der Waals surface area contributed by atoms with E-state index in [2.05, 4.69) is 16.0 Å². The minimum atomic E-state index is -0.304. The Hall–Kier alpha value is -3.06. The summed E-state index contributed by atoms with van der Waals surface area (Å²) >= 11 is 0. The second kappa shape index (κ2) is 9.29. The van der Waals surface area contributed by atoms with Crippen molar-refractivity contribution in [2.24, 2.45) is 0 Å². The molecule has 0 heterocycles. The van der Waals surface area contributed by atoms with Gasteiger partial charge in [0.1, 0.15) is 12.4 Å². The van der Waals surface area contributed by atoms with Crippen LogP contribution in [0.15, 0.2) is 48.5 Å². The van der Waals surface area contributed by atoms with Crippen LogP contribution in [-0.4, -0.2) is 39.3 Å². The Morgan fingerprint density at radius 3 is 2.28 bits per heavy atom. The third kappa shape index (κ3) is 5.82. The van der Waals surface area contributed by atoms with Crippen molar-refractivity contribution >= 4 is 23.3 Å². The number of hydrogen-bond donors (Lipinski definition) is 3. The molecule has 2 aromatic rings. The zero-order chi connectivity index (χ0) is 18.1. The monoisotopic (exact) mass is 343 g/mol. The van der Waals surface area contributed by atoms with Gasteiger partial charge in [-0.15, -0.1) is 0 Å². The number of ether oxygens (including phenoxy) is 2. The van der Waals surface area contributed by atoms with E-state index in [1.807, 2.05) is 0 Å². The van der Waals surface area contributed by atoms with Crippen molar-refractivity contribution in [3.8, 4) is 5.75 Å². The van der Waals surface area contributed by atoms with E-state index >= 15 is 0 Å². The summed E-state index contributed by atoms with van der Waals surface area (Å²) in [6.45, 7) is 0.897. The third-order valence-electron chi connectivity index (χ3n) is 3.28. The molecule has 0 saturated carbocycles. The van der Waals surface area contributed by atoms with Crippen molar-refractivity contribution in [3.05, 3.63) is 54.1 Å². The highest BCUT2D eigenvalue weighted by Gasteiger charge is 2.08. The summed E-state index contributed by atoms with van der Waals surface area (Å²) in [5, 5.41) is 7.91. The molecule has 7 nitrogen and oxygen atoms in total. The first-order valence-electron chi connectivity index (χ1n) is 7.74. The topological polar surface area (TPSA) is 88.7 Å². The van der Waals surface area contributed by atoms with Crippen LogP contribution in [-0.2, 0) is 4.74 Å². The van der Waals surface area contributed by atoms with E-state index in [0.29, 0.717) is 35.9 Å². The van der Waals surface area contributed by atoms with Crippen LogP contribution in [0, 0.1) is 0 Å². The number of benzene rings is 2. The van der Waals surface area contributed by atoms with Gasteiger partial charge in [0, 0.05) is 31.1 Å². The average Bonchev–Trinajstić information content (AvgIpc) is 2.63. The van der Waals surface area contributed by atoms with Gasteiger partial charge in [-0.25, -0.2) is 4.79 Å². The number of anilines is 2. The Bertz CT molecular complexity index is 717. The minimum Gasteiger partial charge on any atom is -0.491 e. The normalized spacial score (nSPS) is 10.0. The molecule has 0 radical (unpaired) electrons. The average molecular weight is 343 g/mol. The molecule has 0 saturated heterocycles.